The molecule has 1 aliphatic heterocycles. The molecule has 2 aliphatic rings. The summed E-state index contributed by atoms with van der Waals surface area (Å²) in [6.07, 6.45) is 5.14. The summed E-state index contributed by atoms with van der Waals surface area (Å²) in [5.74, 6) is 0.792. The molecule has 0 amide bonds. The predicted molar refractivity (Wildman–Crippen MR) is 83.4 cm³/mol. The molecule has 0 spiro atoms. The van der Waals surface area contributed by atoms with Crippen molar-refractivity contribution in [3.05, 3.63) is 47.6 Å². The second kappa shape index (κ2) is 6.18. The van der Waals surface area contributed by atoms with Crippen molar-refractivity contribution >= 4 is 0 Å². The minimum atomic E-state index is 0.710. The summed E-state index contributed by atoms with van der Waals surface area (Å²) >= 11 is 0. The number of hydrogen-bond acceptors (Lipinski definition) is 5. The van der Waals surface area contributed by atoms with Gasteiger partial charge < -0.3 is 4.52 Å². The van der Waals surface area contributed by atoms with Crippen molar-refractivity contribution in [2.45, 2.75) is 31.8 Å². The first-order valence-electron chi connectivity index (χ1n) is 8.17. The van der Waals surface area contributed by atoms with Crippen LogP contribution in [-0.2, 0) is 19.4 Å². The Labute approximate surface area is 130 Å². The Bertz CT molecular complexity index is 605. The van der Waals surface area contributed by atoms with E-state index >= 15 is 0 Å². The van der Waals surface area contributed by atoms with Crippen molar-refractivity contribution < 1.29 is 4.52 Å². The zero-order valence-electron chi connectivity index (χ0n) is 12.8. The maximum absolute atomic E-state index is 4.81. The van der Waals surface area contributed by atoms with E-state index in [4.69, 9.17) is 4.52 Å². The smallest absolute Gasteiger partial charge is 0.213 e. The topological polar surface area (TPSA) is 45.4 Å². The van der Waals surface area contributed by atoms with Crippen LogP contribution < -0.4 is 0 Å². The highest BCUT2D eigenvalue weighted by Crippen LogP contribution is 2.25. The number of nitrogens with zero attached hydrogens (tertiary/aromatic N) is 4. The molecule has 1 aromatic carbocycles. The van der Waals surface area contributed by atoms with Gasteiger partial charge in [-0.15, -0.1) is 0 Å². The molecular formula is C17H22N4O. The first-order chi connectivity index (χ1) is 10.9. The average molecular weight is 298 g/mol. The van der Waals surface area contributed by atoms with Gasteiger partial charge in [-0.3, -0.25) is 9.80 Å². The van der Waals surface area contributed by atoms with E-state index in [0.717, 1.165) is 38.5 Å². The first kappa shape index (κ1) is 13.9. The van der Waals surface area contributed by atoms with E-state index in [-0.39, 0.29) is 0 Å². The lowest BCUT2D eigenvalue weighted by Crippen LogP contribution is -2.51. The van der Waals surface area contributed by atoms with Crippen LogP contribution in [0.1, 0.15) is 23.4 Å². The molecule has 1 aromatic heterocycles. The highest BCUT2D eigenvalue weighted by Gasteiger charge is 2.27. The molecule has 5 nitrogen and oxygen atoms in total. The first-order valence-corrected chi connectivity index (χ1v) is 8.17. The molecule has 1 aliphatic carbocycles. The van der Waals surface area contributed by atoms with Gasteiger partial charge in [0, 0.05) is 32.2 Å². The average Bonchev–Trinajstić information content (AvgIpc) is 3.08. The number of aryl methyl sites for hydroxylation is 1. The fourth-order valence-corrected chi connectivity index (χ4v) is 3.74. The molecule has 22 heavy (non-hydrogen) atoms. The summed E-state index contributed by atoms with van der Waals surface area (Å²) in [7, 11) is 0. The van der Waals surface area contributed by atoms with E-state index in [2.05, 4.69) is 44.2 Å². The van der Waals surface area contributed by atoms with E-state index in [1.807, 2.05) is 0 Å². The van der Waals surface area contributed by atoms with Crippen LogP contribution in [0.4, 0.5) is 0 Å². The van der Waals surface area contributed by atoms with Crippen molar-refractivity contribution in [2.24, 2.45) is 0 Å². The molecule has 1 unspecified atom stereocenters. The summed E-state index contributed by atoms with van der Waals surface area (Å²) in [6.45, 7) is 5.27. The van der Waals surface area contributed by atoms with Crippen LogP contribution in [0.3, 0.4) is 0 Å². The molecule has 2 heterocycles. The second-order valence-corrected chi connectivity index (χ2v) is 6.32. The van der Waals surface area contributed by atoms with Crippen molar-refractivity contribution in [3.63, 3.8) is 0 Å². The Kier molecular flexibility index (Phi) is 3.91. The summed E-state index contributed by atoms with van der Waals surface area (Å²) in [4.78, 5) is 9.20. The van der Waals surface area contributed by atoms with Crippen LogP contribution in [0, 0.1) is 0 Å². The fourth-order valence-electron chi connectivity index (χ4n) is 3.74. The Morgan fingerprint density at radius 1 is 1.09 bits per heavy atom. The van der Waals surface area contributed by atoms with Crippen LogP contribution >= 0.6 is 0 Å². The molecule has 1 fully saturated rings. The van der Waals surface area contributed by atoms with Crippen LogP contribution in [0.2, 0.25) is 0 Å². The van der Waals surface area contributed by atoms with Gasteiger partial charge in [0.25, 0.3) is 0 Å². The molecule has 1 atom stereocenters. The van der Waals surface area contributed by atoms with Gasteiger partial charge >= 0.3 is 0 Å². The van der Waals surface area contributed by atoms with Crippen molar-refractivity contribution in [3.8, 4) is 0 Å². The number of fused-ring (bicyclic) bond motifs is 1. The largest absolute Gasteiger partial charge is 0.343 e. The molecule has 4 rings (SSSR count). The quantitative estimate of drug-likeness (QED) is 0.864. The molecule has 1 saturated heterocycles. The maximum atomic E-state index is 4.81. The lowest BCUT2D eigenvalue weighted by atomic mass is 9.87. The molecule has 0 radical (unpaired) electrons. The number of rotatable bonds is 3. The third-order valence-corrected chi connectivity index (χ3v) is 5.02. The van der Waals surface area contributed by atoms with Gasteiger partial charge in [0.1, 0.15) is 0 Å². The fraction of sp³-hybridized carbons (Fsp3) is 0.529. The van der Waals surface area contributed by atoms with Gasteiger partial charge in [-0.1, -0.05) is 29.4 Å². The standard InChI is InChI=1S/C17H22N4O/c1-2-4-15-11-16(6-5-14(15)3-1)21-9-7-20(8-10-21)12-17-18-13-22-19-17/h1-4,13,16H,5-12H2. The maximum Gasteiger partial charge on any atom is 0.213 e. The normalized spacial score (nSPS) is 23.4. The van der Waals surface area contributed by atoms with E-state index < -0.39 is 0 Å². The van der Waals surface area contributed by atoms with Gasteiger partial charge in [0.05, 0.1) is 6.54 Å². The van der Waals surface area contributed by atoms with Gasteiger partial charge in [0.2, 0.25) is 6.39 Å². The van der Waals surface area contributed by atoms with Crippen LogP contribution in [-0.4, -0.2) is 52.2 Å². The van der Waals surface area contributed by atoms with E-state index in [0.29, 0.717) is 6.04 Å². The second-order valence-electron chi connectivity index (χ2n) is 6.32. The number of aromatic nitrogens is 2. The molecule has 116 valence electrons. The van der Waals surface area contributed by atoms with E-state index in [1.54, 1.807) is 11.1 Å². The van der Waals surface area contributed by atoms with Crippen molar-refractivity contribution in [1.82, 2.24) is 19.9 Å². The third-order valence-electron chi connectivity index (χ3n) is 5.02. The number of hydrogen-bond donors (Lipinski definition) is 0. The lowest BCUT2D eigenvalue weighted by Gasteiger charge is -2.40. The number of piperazine rings is 1. The molecule has 0 saturated carbocycles. The summed E-state index contributed by atoms with van der Waals surface area (Å²) in [5, 5.41) is 3.90. The molecule has 5 heteroatoms. The van der Waals surface area contributed by atoms with Gasteiger partial charge in [-0.05, 0) is 30.4 Å². The van der Waals surface area contributed by atoms with E-state index in [9.17, 15) is 0 Å². The summed E-state index contributed by atoms with van der Waals surface area (Å²) in [6, 6.07) is 9.63. The lowest BCUT2D eigenvalue weighted by molar-refractivity contribution is 0.0838. The monoisotopic (exact) mass is 298 g/mol. The Balaban J connectivity index is 1.32. The van der Waals surface area contributed by atoms with Gasteiger partial charge in [-0.25, -0.2) is 0 Å². The van der Waals surface area contributed by atoms with Gasteiger partial charge in [0.15, 0.2) is 5.82 Å². The Hall–Kier alpha value is -1.72. The number of benzene rings is 1. The summed E-state index contributed by atoms with van der Waals surface area (Å²) < 4.78 is 4.81. The van der Waals surface area contributed by atoms with Crippen LogP contribution in [0.15, 0.2) is 35.2 Å². The van der Waals surface area contributed by atoms with Crippen LogP contribution in [0.5, 0.6) is 0 Å². The predicted octanol–water partition coefficient (Wildman–Crippen LogP) is 1.74. The molecule has 0 bridgehead atoms. The highest BCUT2D eigenvalue weighted by molar-refractivity contribution is 5.30. The Morgan fingerprint density at radius 3 is 2.68 bits per heavy atom. The minimum absolute atomic E-state index is 0.710. The van der Waals surface area contributed by atoms with Gasteiger partial charge in [-0.2, -0.15) is 4.98 Å². The van der Waals surface area contributed by atoms with Crippen LogP contribution in [0.25, 0.3) is 0 Å². The Morgan fingerprint density at radius 2 is 1.91 bits per heavy atom. The zero-order valence-corrected chi connectivity index (χ0v) is 12.8. The molecule has 0 N–H and O–H groups in total. The zero-order chi connectivity index (χ0) is 14.8. The minimum Gasteiger partial charge on any atom is -0.343 e. The van der Waals surface area contributed by atoms with E-state index in [1.165, 1.54) is 25.7 Å². The van der Waals surface area contributed by atoms with Crippen molar-refractivity contribution in [2.75, 3.05) is 26.2 Å². The SMILES string of the molecule is c1ccc2c(c1)CCC(N1CCN(Cc3ncon3)CC1)C2. The van der Waals surface area contributed by atoms with Crippen molar-refractivity contribution in [1.29, 1.82) is 0 Å². The third kappa shape index (κ3) is 2.91. The summed E-state index contributed by atoms with van der Waals surface area (Å²) in [5.41, 5.74) is 3.10. The molecular weight excluding hydrogens is 276 g/mol. The highest BCUT2D eigenvalue weighted by atomic mass is 16.5. The molecule has 2 aromatic rings.